The lowest BCUT2D eigenvalue weighted by Crippen LogP contribution is -2.39. The number of aromatic nitrogens is 1. The minimum absolute atomic E-state index is 0.00661. The second-order valence-corrected chi connectivity index (χ2v) is 6.73. The molecule has 1 amide bonds. The lowest BCUT2D eigenvalue weighted by Gasteiger charge is -2.24. The molecule has 2 atom stereocenters. The number of aliphatic hydroxyl groups is 1. The fourth-order valence-electron chi connectivity index (χ4n) is 2.09. The first-order chi connectivity index (χ1) is 11.9. The number of aliphatic hydroxyl groups excluding tert-OH is 1. The number of esters is 1. The summed E-state index contributed by atoms with van der Waals surface area (Å²) >= 11 is 1.21. The highest BCUT2D eigenvalue weighted by Crippen LogP contribution is 2.25. The predicted molar refractivity (Wildman–Crippen MR) is 101 cm³/mol. The zero-order chi connectivity index (χ0) is 19.4. The predicted octanol–water partition coefficient (Wildman–Crippen LogP) is 3.71. The van der Waals surface area contributed by atoms with E-state index in [2.05, 4.69) is 15.0 Å². The summed E-state index contributed by atoms with van der Waals surface area (Å²) in [4.78, 5) is 27.4. The molecule has 25 heavy (non-hydrogen) atoms. The van der Waals surface area contributed by atoms with E-state index < -0.39 is 12.1 Å². The molecule has 0 aliphatic heterocycles. The third-order valence-electron chi connectivity index (χ3n) is 3.59. The SMILES string of the molecule is CC.CCCCC(=O)NC(CC(O)c1nc(C(=O)OC)cs1)C(C)C. The Morgan fingerprint density at radius 2 is 2.00 bits per heavy atom. The van der Waals surface area contributed by atoms with Gasteiger partial charge < -0.3 is 15.2 Å². The van der Waals surface area contributed by atoms with Crippen molar-refractivity contribution in [2.45, 2.75) is 72.4 Å². The van der Waals surface area contributed by atoms with Crippen molar-refractivity contribution in [2.24, 2.45) is 5.92 Å². The van der Waals surface area contributed by atoms with Gasteiger partial charge in [-0.2, -0.15) is 0 Å². The monoisotopic (exact) mass is 372 g/mol. The molecule has 0 saturated carbocycles. The molecule has 0 aliphatic rings. The number of thiazole rings is 1. The lowest BCUT2D eigenvalue weighted by atomic mass is 9.97. The second-order valence-electron chi connectivity index (χ2n) is 5.84. The van der Waals surface area contributed by atoms with Gasteiger partial charge in [0.15, 0.2) is 5.69 Å². The Labute approximate surface area is 155 Å². The number of unbranched alkanes of at least 4 members (excludes halogenated alkanes) is 1. The highest BCUT2D eigenvalue weighted by Gasteiger charge is 2.23. The molecule has 0 fully saturated rings. The van der Waals surface area contributed by atoms with E-state index in [1.807, 2.05) is 34.6 Å². The van der Waals surface area contributed by atoms with E-state index in [1.165, 1.54) is 18.4 Å². The molecule has 1 rings (SSSR count). The molecule has 0 bridgehead atoms. The van der Waals surface area contributed by atoms with Crippen molar-refractivity contribution < 1.29 is 19.4 Å². The Morgan fingerprint density at radius 3 is 2.52 bits per heavy atom. The molecule has 144 valence electrons. The van der Waals surface area contributed by atoms with Crippen molar-refractivity contribution in [1.82, 2.24) is 10.3 Å². The normalized spacial score (nSPS) is 12.8. The van der Waals surface area contributed by atoms with Gasteiger partial charge in [0, 0.05) is 24.3 Å². The minimum Gasteiger partial charge on any atom is -0.464 e. The fraction of sp³-hybridized carbons (Fsp3) is 0.722. The van der Waals surface area contributed by atoms with Gasteiger partial charge in [-0.1, -0.05) is 41.0 Å². The van der Waals surface area contributed by atoms with Crippen LogP contribution in [0.4, 0.5) is 0 Å². The summed E-state index contributed by atoms with van der Waals surface area (Å²) in [6, 6.07) is -0.139. The van der Waals surface area contributed by atoms with Gasteiger partial charge in [0.2, 0.25) is 5.91 Å². The van der Waals surface area contributed by atoms with Gasteiger partial charge in [-0.15, -0.1) is 11.3 Å². The number of ether oxygens (including phenoxy) is 1. The largest absolute Gasteiger partial charge is 0.464 e. The Hall–Kier alpha value is -1.47. The minimum atomic E-state index is -0.822. The Morgan fingerprint density at radius 1 is 1.36 bits per heavy atom. The van der Waals surface area contributed by atoms with Gasteiger partial charge in [-0.3, -0.25) is 4.79 Å². The van der Waals surface area contributed by atoms with Crippen LogP contribution in [0.5, 0.6) is 0 Å². The zero-order valence-electron chi connectivity index (χ0n) is 16.2. The van der Waals surface area contributed by atoms with E-state index in [9.17, 15) is 14.7 Å². The van der Waals surface area contributed by atoms with Crippen LogP contribution in [-0.2, 0) is 9.53 Å². The number of hydrogen-bond acceptors (Lipinski definition) is 6. The highest BCUT2D eigenvalue weighted by molar-refractivity contribution is 7.09. The summed E-state index contributed by atoms with van der Waals surface area (Å²) in [6.45, 7) is 10.0. The standard InChI is InChI=1S/C16H26N2O4S.C2H6/c1-5-6-7-14(20)17-11(10(2)3)8-13(19)15-18-12(9-23-15)16(21)22-4;1-2/h9-11,13,19H,5-8H2,1-4H3,(H,17,20);1-2H3. The second kappa shape index (κ2) is 12.8. The molecule has 0 aromatic carbocycles. The third-order valence-corrected chi connectivity index (χ3v) is 4.53. The van der Waals surface area contributed by atoms with Crippen LogP contribution < -0.4 is 5.32 Å². The average Bonchev–Trinajstić information content (AvgIpc) is 3.10. The first-order valence-electron chi connectivity index (χ1n) is 8.90. The van der Waals surface area contributed by atoms with Crippen molar-refractivity contribution in [3.63, 3.8) is 0 Å². The van der Waals surface area contributed by atoms with Gasteiger partial charge >= 0.3 is 5.97 Å². The molecule has 1 heterocycles. The molecule has 0 radical (unpaired) electrons. The maximum atomic E-state index is 11.9. The van der Waals surface area contributed by atoms with E-state index in [0.717, 1.165) is 12.8 Å². The van der Waals surface area contributed by atoms with Crippen LogP contribution in [0.15, 0.2) is 5.38 Å². The molecule has 6 nitrogen and oxygen atoms in total. The van der Waals surface area contributed by atoms with Crippen molar-refractivity contribution in [1.29, 1.82) is 0 Å². The topological polar surface area (TPSA) is 88.5 Å². The van der Waals surface area contributed by atoms with E-state index in [-0.39, 0.29) is 23.6 Å². The summed E-state index contributed by atoms with van der Waals surface area (Å²) in [6.07, 6.45) is 1.87. The number of methoxy groups -OCH3 is 1. The van der Waals surface area contributed by atoms with Crippen LogP contribution in [0.2, 0.25) is 0 Å². The number of amides is 1. The van der Waals surface area contributed by atoms with Crippen molar-refractivity contribution in [3.8, 4) is 0 Å². The number of rotatable bonds is 9. The molecule has 0 aliphatic carbocycles. The Balaban J connectivity index is 0.00000277. The molecular formula is C18H32N2O4S. The van der Waals surface area contributed by atoms with Crippen LogP contribution in [0.1, 0.15) is 81.9 Å². The number of carbonyl (C=O) groups excluding carboxylic acids is 2. The number of hydrogen-bond donors (Lipinski definition) is 2. The van der Waals surface area contributed by atoms with Crippen LogP contribution in [0.3, 0.4) is 0 Å². The summed E-state index contributed by atoms with van der Waals surface area (Å²) in [5.41, 5.74) is 0.194. The van der Waals surface area contributed by atoms with E-state index in [1.54, 1.807) is 5.38 Å². The summed E-state index contributed by atoms with van der Waals surface area (Å²) in [5, 5.41) is 15.3. The van der Waals surface area contributed by atoms with Gasteiger partial charge in [-0.25, -0.2) is 9.78 Å². The maximum Gasteiger partial charge on any atom is 0.357 e. The third kappa shape index (κ3) is 8.45. The first kappa shape index (κ1) is 23.5. The number of nitrogens with one attached hydrogen (secondary N) is 1. The highest BCUT2D eigenvalue weighted by atomic mass is 32.1. The van der Waals surface area contributed by atoms with Crippen LogP contribution in [0, 0.1) is 5.92 Å². The number of carbonyl (C=O) groups is 2. The molecule has 7 heteroatoms. The molecule has 0 spiro atoms. The molecule has 2 N–H and O–H groups in total. The summed E-state index contributed by atoms with van der Waals surface area (Å²) < 4.78 is 4.61. The molecular weight excluding hydrogens is 340 g/mol. The van der Waals surface area contributed by atoms with Crippen molar-refractivity contribution in [2.75, 3.05) is 7.11 Å². The molecule has 0 saturated heterocycles. The zero-order valence-corrected chi connectivity index (χ0v) is 17.0. The summed E-state index contributed by atoms with van der Waals surface area (Å²) in [7, 11) is 1.29. The van der Waals surface area contributed by atoms with Crippen molar-refractivity contribution in [3.05, 3.63) is 16.1 Å². The van der Waals surface area contributed by atoms with Crippen LogP contribution in [0.25, 0.3) is 0 Å². The van der Waals surface area contributed by atoms with E-state index in [0.29, 0.717) is 17.8 Å². The first-order valence-corrected chi connectivity index (χ1v) is 9.78. The molecule has 1 aromatic rings. The van der Waals surface area contributed by atoms with Gasteiger partial charge in [0.25, 0.3) is 0 Å². The Bertz CT molecular complexity index is 517. The molecule has 2 unspecified atom stereocenters. The smallest absolute Gasteiger partial charge is 0.357 e. The van der Waals surface area contributed by atoms with Gasteiger partial charge in [0.05, 0.1) is 7.11 Å². The maximum absolute atomic E-state index is 11.9. The Kier molecular flexibility index (Phi) is 12.1. The van der Waals surface area contributed by atoms with Gasteiger partial charge in [0.1, 0.15) is 11.1 Å². The average molecular weight is 373 g/mol. The lowest BCUT2D eigenvalue weighted by molar-refractivity contribution is -0.122. The fourth-order valence-corrected chi connectivity index (χ4v) is 2.88. The van der Waals surface area contributed by atoms with Crippen LogP contribution >= 0.6 is 11.3 Å². The summed E-state index contributed by atoms with van der Waals surface area (Å²) in [5.74, 6) is -0.324. The van der Waals surface area contributed by atoms with Crippen LogP contribution in [-0.4, -0.2) is 35.1 Å². The van der Waals surface area contributed by atoms with E-state index in [4.69, 9.17) is 0 Å². The number of nitrogens with zero attached hydrogens (tertiary/aromatic N) is 1. The van der Waals surface area contributed by atoms with E-state index >= 15 is 0 Å². The molecule has 1 aromatic heterocycles. The van der Waals surface area contributed by atoms with Gasteiger partial charge in [-0.05, 0) is 12.3 Å². The quantitative estimate of drug-likeness (QED) is 0.645. The van der Waals surface area contributed by atoms with Crippen molar-refractivity contribution >= 4 is 23.2 Å².